The molecule has 0 radical (unpaired) electrons. The molecule has 2 saturated heterocycles. The third-order valence-electron chi connectivity index (χ3n) is 12.2. The zero-order valence-corrected chi connectivity index (χ0v) is 34.1. The molecule has 5 heterocycles. The van der Waals surface area contributed by atoms with E-state index in [-0.39, 0.29) is 54.8 Å². The van der Waals surface area contributed by atoms with Gasteiger partial charge in [0.2, 0.25) is 11.8 Å². The summed E-state index contributed by atoms with van der Waals surface area (Å²) in [5, 5.41) is 11.7. The highest BCUT2D eigenvalue weighted by molar-refractivity contribution is 6.07. The fourth-order valence-electron chi connectivity index (χ4n) is 9.09. The SMILES string of the molecule is CON[C@H](C(=O)N1[C@@H](C)CC[C@H]1c1nc2c(ccc3cc4c(cc32)OCc2cc(-c3cnc([C@@H]5C[C@H](COC(F)F)CN5C(=O)[C@@H](NO)C(C)C)[nH]3)ccc2-4)[nH]1)C(C)C. The maximum Gasteiger partial charge on any atom is 0.345 e. The number of ether oxygens (including phenoxy) is 2. The van der Waals surface area contributed by atoms with Crippen LogP contribution in [0.5, 0.6) is 5.75 Å². The number of amides is 2. The Kier molecular flexibility index (Phi) is 11.4. The summed E-state index contributed by atoms with van der Waals surface area (Å²) >= 11 is 0. The van der Waals surface area contributed by atoms with Crippen LogP contribution < -0.4 is 15.7 Å². The highest BCUT2D eigenvalue weighted by Crippen LogP contribution is 2.44. The number of alkyl halides is 2. The molecule has 3 aromatic carbocycles. The summed E-state index contributed by atoms with van der Waals surface area (Å²) in [4.78, 5) is 52.8. The van der Waals surface area contributed by atoms with Gasteiger partial charge in [-0.25, -0.2) is 9.97 Å². The van der Waals surface area contributed by atoms with Gasteiger partial charge in [-0.15, -0.1) is 0 Å². The number of hydrogen-bond acceptors (Lipinski definition) is 10. The van der Waals surface area contributed by atoms with Gasteiger partial charge in [-0.2, -0.15) is 19.7 Å². The standard InChI is InChI=1S/C43H52F2N8O6/c1-21(2)36(50-56)41(54)52-18-24(19-59-43(44)45)13-34(52)39-46-17-32(48-39)26-8-10-28-27(14-26)20-58-35-16-29-25(15-30(28)35)9-11-31-38(29)49-40(47-31)33-12-7-23(5)53(33)42(55)37(22(3)4)51-57-6/h8-11,14-17,21-24,33-34,36-37,43,50-51,56H,7,12-13,18-20H2,1-6H3,(H,46,48)(H,47,49)/t23-,24-,33-,34-,36-,37-/m0/s1. The van der Waals surface area contributed by atoms with Crippen molar-refractivity contribution in [1.29, 1.82) is 0 Å². The van der Waals surface area contributed by atoms with Crippen molar-refractivity contribution < 1.29 is 37.9 Å². The Morgan fingerprint density at radius 2 is 1.78 bits per heavy atom. The molecule has 0 bridgehead atoms. The van der Waals surface area contributed by atoms with Crippen LogP contribution in [0.2, 0.25) is 0 Å². The molecule has 0 saturated carbocycles. The third-order valence-corrected chi connectivity index (χ3v) is 12.2. The van der Waals surface area contributed by atoms with Gasteiger partial charge in [0, 0.05) is 29.5 Å². The molecule has 3 aliphatic rings. The van der Waals surface area contributed by atoms with Gasteiger partial charge in [0.15, 0.2) is 0 Å². The molecule has 2 aromatic heterocycles. The fraction of sp³-hybridized carbons (Fsp3) is 0.488. The number of aromatic nitrogens is 4. The molecule has 2 amide bonds. The van der Waals surface area contributed by atoms with Crippen molar-refractivity contribution in [3.8, 4) is 28.1 Å². The van der Waals surface area contributed by atoms with Crippen LogP contribution in [0.4, 0.5) is 8.78 Å². The van der Waals surface area contributed by atoms with Gasteiger partial charge in [0.25, 0.3) is 0 Å². The summed E-state index contributed by atoms with van der Waals surface area (Å²) in [6.45, 7) is 7.14. The van der Waals surface area contributed by atoms with Crippen molar-refractivity contribution in [3.05, 3.63) is 65.9 Å². The molecule has 8 rings (SSSR count). The van der Waals surface area contributed by atoms with E-state index in [0.717, 1.165) is 74.2 Å². The van der Waals surface area contributed by atoms with Crippen LogP contribution in [0.3, 0.4) is 0 Å². The van der Waals surface area contributed by atoms with Crippen LogP contribution in [0, 0.1) is 17.8 Å². The minimum absolute atomic E-state index is 0.00290. The van der Waals surface area contributed by atoms with Crippen LogP contribution in [0.15, 0.2) is 48.7 Å². The number of carbonyl (C=O) groups is 2. The predicted molar refractivity (Wildman–Crippen MR) is 216 cm³/mol. The maximum atomic E-state index is 13.8. The number of carbonyl (C=O) groups excluding carboxylic acids is 2. The monoisotopic (exact) mass is 814 g/mol. The average molecular weight is 815 g/mol. The van der Waals surface area contributed by atoms with Gasteiger partial charge in [0.1, 0.15) is 36.1 Å². The lowest BCUT2D eigenvalue weighted by Gasteiger charge is -2.32. The highest BCUT2D eigenvalue weighted by Gasteiger charge is 2.42. The van der Waals surface area contributed by atoms with E-state index in [2.05, 4.69) is 67.9 Å². The first-order valence-electron chi connectivity index (χ1n) is 20.3. The normalized spacial score (nSPS) is 21.5. The Labute approximate surface area is 340 Å². The summed E-state index contributed by atoms with van der Waals surface area (Å²) < 4.78 is 36.9. The minimum Gasteiger partial charge on any atom is -0.488 e. The Hall–Kier alpha value is -5.00. The number of rotatable bonds is 13. The molecule has 0 aliphatic carbocycles. The first-order chi connectivity index (χ1) is 28.4. The number of hydrogen-bond donors (Lipinski definition) is 5. The lowest BCUT2D eigenvalue weighted by atomic mass is 9.92. The second-order valence-electron chi connectivity index (χ2n) is 16.8. The Morgan fingerprint density at radius 3 is 2.51 bits per heavy atom. The van der Waals surface area contributed by atoms with E-state index in [1.54, 1.807) is 11.1 Å². The van der Waals surface area contributed by atoms with Crippen LogP contribution in [0.25, 0.3) is 44.2 Å². The second-order valence-corrected chi connectivity index (χ2v) is 16.8. The van der Waals surface area contributed by atoms with E-state index in [9.17, 15) is 23.6 Å². The zero-order valence-electron chi connectivity index (χ0n) is 34.1. The Balaban J connectivity index is 1.06. The Morgan fingerprint density at radius 1 is 0.983 bits per heavy atom. The van der Waals surface area contributed by atoms with Crippen LogP contribution >= 0.6 is 0 Å². The summed E-state index contributed by atoms with van der Waals surface area (Å²) in [5.74, 6) is 1.19. The van der Waals surface area contributed by atoms with Crippen molar-refractivity contribution >= 4 is 33.6 Å². The molecule has 5 N–H and O–H groups in total. The number of hydroxylamine groups is 2. The van der Waals surface area contributed by atoms with Crippen LogP contribution in [-0.4, -0.2) is 91.8 Å². The highest BCUT2D eigenvalue weighted by atomic mass is 19.3. The van der Waals surface area contributed by atoms with Crippen molar-refractivity contribution in [2.24, 2.45) is 17.8 Å². The smallest absolute Gasteiger partial charge is 0.345 e. The molecule has 6 atom stereocenters. The third kappa shape index (κ3) is 7.68. The largest absolute Gasteiger partial charge is 0.488 e. The van der Waals surface area contributed by atoms with E-state index < -0.39 is 24.7 Å². The molecule has 3 aliphatic heterocycles. The van der Waals surface area contributed by atoms with Gasteiger partial charge in [-0.3, -0.25) is 9.59 Å². The summed E-state index contributed by atoms with van der Waals surface area (Å²) in [7, 11) is 1.53. The first-order valence-corrected chi connectivity index (χ1v) is 20.3. The van der Waals surface area contributed by atoms with E-state index in [1.165, 1.54) is 7.11 Å². The molecule has 59 heavy (non-hydrogen) atoms. The van der Waals surface area contributed by atoms with Crippen molar-refractivity contribution in [1.82, 2.24) is 40.7 Å². The lowest BCUT2D eigenvalue weighted by Crippen LogP contribution is -2.50. The van der Waals surface area contributed by atoms with Crippen molar-refractivity contribution in [2.45, 2.75) is 97.3 Å². The second kappa shape index (κ2) is 16.6. The number of nitrogens with one attached hydrogen (secondary N) is 4. The quantitative estimate of drug-likeness (QED) is 0.0779. The molecule has 0 spiro atoms. The summed E-state index contributed by atoms with van der Waals surface area (Å²) in [6.07, 6.45) is 3.76. The van der Waals surface area contributed by atoms with Crippen molar-refractivity contribution in [2.75, 3.05) is 20.3 Å². The summed E-state index contributed by atoms with van der Waals surface area (Å²) in [5.41, 5.74) is 11.3. The molecule has 2 fully saturated rings. The van der Waals surface area contributed by atoms with Gasteiger partial charge in [0.05, 0.1) is 48.7 Å². The number of H-pyrrole nitrogens is 2. The van der Waals surface area contributed by atoms with Crippen molar-refractivity contribution in [3.63, 3.8) is 0 Å². The number of nitrogens with zero attached hydrogens (tertiary/aromatic N) is 4. The van der Waals surface area contributed by atoms with Gasteiger partial charge >= 0.3 is 6.61 Å². The molecule has 314 valence electrons. The fourth-order valence-corrected chi connectivity index (χ4v) is 9.09. The minimum atomic E-state index is -2.91. The molecular weight excluding hydrogens is 763 g/mol. The number of likely N-dealkylation sites (tertiary alicyclic amines) is 2. The number of imidazole rings is 2. The topological polar surface area (TPSA) is 170 Å². The van der Waals surface area contributed by atoms with Crippen LogP contribution in [-0.2, 0) is 25.8 Å². The number of fused-ring (bicyclic) bond motifs is 6. The first kappa shape index (κ1) is 40.8. The summed E-state index contributed by atoms with van der Waals surface area (Å²) in [6, 6.07) is 12.5. The molecular formula is C43H52F2N8O6. The number of benzene rings is 3. The average Bonchev–Trinajstić information content (AvgIpc) is 4.03. The van der Waals surface area contributed by atoms with Crippen LogP contribution in [0.1, 0.15) is 83.2 Å². The zero-order chi connectivity index (χ0) is 41.7. The molecule has 16 heteroatoms. The predicted octanol–water partition coefficient (Wildman–Crippen LogP) is 7.03. The molecule has 5 aromatic rings. The Bertz CT molecular complexity index is 2350. The van der Waals surface area contributed by atoms with E-state index >= 15 is 0 Å². The maximum absolute atomic E-state index is 13.8. The van der Waals surface area contributed by atoms with Gasteiger partial charge in [-0.1, -0.05) is 45.9 Å². The van der Waals surface area contributed by atoms with E-state index in [1.807, 2.05) is 44.7 Å². The van der Waals surface area contributed by atoms with E-state index in [4.69, 9.17) is 14.6 Å². The van der Waals surface area contributed by atoms with E-state index in [0.29, 0.717) is 18.9 Å². The molecule has 0 unspecified atom stereocenters. The molecule has 14 nitrogen and oxygen atoms in total. The number of halogens is 2. The van der Waals surface area contributed by atoms with Gasteiger partial charge < -0.3 is 39.3 Å². The lowest BCUT2D eigenvalue weighted by molar-refractivity contribution is -0.142. The van der Waals surface area contributed by atoms with Gasteiger partial charge in [-0.05, 0) is 84.4 Å². The number of aromatic amines is 2.